The highest BCUT2D eigenvalue weighted by Gasteiger charge is 2.22. The van der Waals surface area contributed by atoms with Crippen LogP contribution >= 0.6 is 8.58 Å². The second-order valence-corrected chi connectivity index (χ2v) is 8.42. The molecule has 0 saturated heterocycles. The normalized spacial score (nSPS) is 12.4. The van der Waals surface area contributed by atoms with E-state index in [1.807, 2.05) is 12.3 Å². The second-order valence-electron chi connectivity index (χ2n) is 7.09. The highest BCUT2D eigenvalue weighted by atomic mass is 31.1. The van der Waals surface area contributed by atoms with Crippen molar-refractivity contribution < 1.29 is 9.47 Å². The van der Waals surface area contributed by atoms with E-state index in [4.69, 9.17) is 9.47 Å². The monoisotopic (exact) mass is 357 g/mol. The number of rotatable bonds is 6. The summed E-state index contributed by atoms with van der Waals surface area (Å²) in [5.41, 5.74) is 3.62. The number of nitrogens with zero attached hydrogens (tertiary/aromatic N) is 1. The van der Waals surface area contributed by atoms with Gasteiger partial charge in [0.25, 0.3) is 0 Å². The number of benzene rings is 2. The lowest BCUT2D eigenvalue weighted by Gasteiger charge is -2.26. The average molecular weight is 357 g/mol. The van der Waals surface area contributed by atoms with Crippen molar-refractivity contribution in [3.63, 3.8) is 0 Å². The van der Waals surface area contributed by atoms with Crippen molar-refractivity contribution in [1.82, 2.24) is 0 Å². The topological polar surface area (TPSA) is 30.8 Å². The van der Waals surface area contributed by atoms with Crippen LogP contribution < -0.4 is 15.3 Å². The van der Waals surface area contributed by atoms with Gasteiger partial charge in [-0.05, 0) is 34.8 Å². The predicted octanol–water partition coefficient (Wildman–Crippen LogP) is 3.95. The maximum Gasteiger partial charge on any atom is 0.188 e. The second kappa shape index (κ2) is 8.60. The number of aryl methyl sites for hydroxylation is 1. The van der Waals surface area contributed by atoms with E-state index >= 15 is 0 Å². The van der Waals surface area contributed by atoms with Crippen LogP contribution in [0.25, 0.3) is 0 Å². The van der Waals surface area contributed by atoms with Gasteiger partial charge in [0.1, 0.15) is 5.75 Å². The van der Waals surface area contributed by atoms with E-state index in [0.29, 0.717) is 8.58 Å². The summed E-state index contributed by atoms with van der Waals surface area (Å²) in [7, 11) is 3.95. The van der Waals surface area contributed by atoms with Gasteiger partial charge in [-0.3, -0.25) is 4.99 Å². The number of hydrogen-bond acceptors (Lipinski definition) is 3. The summed E-state index contributed by atoms with van der Waals surface area (Å²) in [4.78, 5) is 4.18. The molecule has 2 aromatic carbocycles. The average Bonchev–Trinajstić information content (AvgIpc) is 2.55. The molecule has 1 unspecified atom stereocenters. The molecular weight excluding hydrogens is 329 g/mol. The molecule has 0 N–H and O–H groups in total. The summed E-state index contributed by atoms with van der Waals surface area (Å²) in [5.74, 6) is 0.946. The van der Waals surface area contributed by atoms with Crippen LogP contribution in [0.1, 0.15) is 37.5 Å². The zero-order valence-corrected chi connectivity index (χ0v) is 17.0. The van der Waals surface area contributed by atoms with Crippen LogP contribution in [0.3, 0.4) is 0 Å². The first-order valence-corrected chi connectivity index (χ1v) is 9.42. The van der Waals surface area contributed by atoms with Crippen LogP contribution in [0.5, 0.6) is 5.75 Å². The molecule has 0 spiro atoms. The van der Waals surface area contributed by atoms with Crippen molar-refractivity contribution in [3.05, 3.63) is 53.1 Å². The van der Waals surface area contributed by atoms with Crippen molar-refractivity contribution in [2.75, 3.05) is 21.0 Å². The Labute approximate surface area is 153 Å². The zero-order valence-electron chi connectivity index (χ0n) is 16.0. The van der Waals surface area contributed by atoms with Crippen molar-refractivity contribution in [1.29, 1.82) is 0 Å². The maximum atomic E-state index is 6.02. The van der Waals surface area contributed by atoms with Gasteiger partial charge in [0.2, 0.25) is 0 Å². The van der Waals surface area contributed by atoms with Crippen LogP contribution in [0.2, 0.25) is 0 Å². The molecule has 0 radical (unpaired) electrons. The Morgan fingerprint density at radius 1 is 1.12 bits per heavy atom. The molecule has 0 aliphatic carbocycles. The molecule has 0 fully saturated rings. The van der Waals surface area contributed by atoms with Gasteiger partial charge in [-0.15, -0.1) is 0 Å². The summed E-state index contributed by atoms with van der Waals surface area (Å²) in [6.07, 6.45) is 1.92. The molecule has 134 valence electrons. The fourth-order valence-electron chi connectivity index (χ4n) is 2.70. The largest absolute Gasteiger partial charge is 0.467 e. The molecule has 2 rings (SSSR count). The molecule has 0 bridgehead atoms. The minimum atomic E-state index is -0.00127. The molecule has 0 aliphatic heterocycles. The van der Waals surface area contributed by atoms with Crippen molar-refractivity contribution in [2.24, 2.45) is 4.99 Å². The van der Waals surface area contributed by atoms with Gasteiger partial charge >= 0.3 is 0 Å². The Bertz CT molecular complexity index is 748. The SMILES string of the molecule is C/N=C/c1ccccc1Pc1cc(C)cc(C(C)(C)C)c1OCOC. The Morgan fingerprint density at radius 3 is 2.48 bits per heavy atom. The standard InChI is InChI=1S/C21H28NO2P/c1-15-11-17(21(2,3)4)20(24-14-23-6)19(12-15)25-18-10-8-7-9-16(18)13-22-5/h7-13,25H,14H2,1-6H3/b22-13+. The molecule has 0 aliphatic rings. The number of ether oxygens (including phenoxy) is 2. The summed E-state index contributed by atoms with van der Waals surface area (Å²) in [6.45, 7) is 9.04. The molecule has 0 saturated carbocycles. The Kier molecular flexibility index (Phi) is 6.75. The first-order valence-electron chi connectivity index (χ1n) is 8.42. The van der Waals surface area contributed by atoms with Crippen LogP contribution in [0.4, 0.5) is 0 Å². The Hall–Kier alpha value is -1.70. The fourth-order valence-corrected chi connectivity index (χ4v) is 4.09. The lowest BCUT2D eigenvalue weighted by Crippen LogP contribution is -2.20. The first kappa shape index (κ1) is 19.6. The summed E-state index contributed by atoms with van der Waals surface area (Å²) >= 11 is 0. The highest BCUT2D eigenvalue weighted by Crippen LogP contribution is 2.34. The van der Waals surface area contributed by atoms with E-state index in [0.717, 1.165) is 11.3 Å². The summed E-state index contributed by atoms with van der Waals surface area (Å²) < 4.78 is 11.2. The third kappa shape index (κ3) is 5.14. The number of methoxy groups -OCH3 is 1. The van der Waals surface area contributed by atoms with Gasteiger partial charge in [0.15, 0.2) is 6.79 Å². The molecule has 0 heterocycles. The van der Waals surface area contributed by atoms with Crippen LogP contribution in [-0.2, 0) is 10.2 Å². The molecule has 2 aromatic rings. The Balaban J connectivity index is 2.55. The third-order valence-corrected chi connectivity index (χ3v) is 5.23. The van der Waals surface area contributed by atoms with Crippen molar-refractivity contribution >= 4 is 25.4 Å². The van der Waals surface area contributed by atoms with Crippen molar-refractivity contribution in [2.45, 2.75) is 33.1 Å². The van der Waals surface area contributed by atoms with E-state index in [2.05, 4.69) is 63.0 Å². The molecule has 0 amide bonds. The molecule has 4 heteroatoms. The molecular formula is C21H28NO2P. The molecule has 0 aromatic heterocycles. The fraction of sp³-hybridized carbons (Fsp3) is 0.381. The minimum Gasteiger partial charge on any atom is -0.467 e. The molecule has 3 nitrogen and oxygen atoms in total. The molecule has 1 atom stereocenters. The van der Waals surface area contributed by atoms with Gasteiger partial charge in [-0.25, -0.2) is 0 Å². The van der Waals surface area contributed by atoms with E-state index in [1.165, 1.54) is 21.7 Å². The van der Waals surface area contributed by atoms with E-state index in [-0.39, 0.29) is 12.2 Å². The van der Waals surface area contributed by atoms with Crippen molar-refractivity contribution in [3.8, 4) is 5.75 Å². The minimum absolute atomic E-state index is 0.00127. The van der Waals surface area contributed by atoms with E-state index in [1.54, 1.807) is 14.2 Å². The van der Waals surface area contributed by atoms with Gasteiger partial charge in [0, 0.05) is 31.2 Å². The zero-order chi connectivity index (χ0) is 18.4. The van der Waals surface area contributed by atoms with Gasteiger partial charge < -0.3 is 9.47 Å². The lowest BCUT2D eigenvalue weighted by atomic mass is 9.85. The van der Waals surface area contributed by atoms with Crippen LogP contribution in [0, 0.1) is 6.92 Å². The third-order valence-electron chi connectivity index (χ3n) is 3.86. The number of aliphatic imine (C=N–C) groups is 1. The van der Waals surface area contributed by atoms with Gasteiger partial charge in [-0.1, -0.05) is 59.7 Å². The molecule has 25 heavy (non-hydrogen) atoms. The first-order chi connectivity index (χ1) is 11.9. The maximum absolute atomic E-state index is 6.02. The lowest BCUT2D eigenvalue weighted by molar-refractivity contribution is 0.0506. The van der Waals surface area contributed by atoms with E-state index < -0.39 is 0 Å². The van der Waals surface area contributed by atoms with E-state index in [9.17, 15) is 0 Å². The summed E-state index contributed by atoms with van der Waals surface area (Å²) in [5, 5.41) is 2.47. The summed E-state index contributed by atoms with van der Waals surface area (Å²) in [6, 6.07) is 12.8. The number of hydrogen-bond donors (Lipinski definition) is 0. The quantitative estimate of drug-likeness (QED) is 0.445. The van der Waals surface area contributed by atoms with Gasteiger partial charge in [0.05, 0.1) is 0 Å². The highest BCUT2D eigenvalue weighted by molar-refractivity contribution is 7.56. The smallest absolute Gasteiger partial charge is 0.188 e. The van der Waals surface area contributed by atoms with Crippen LogP contribution in [0.15, 0.2) is 41.4 Å². The van der Waals surface area contributed by atoms with Gasteiger partial charge in [-0.2, -0.15) is 0 Å². The Morgan fingerprint density at radius 2 is 1.84 bits per heavy atom. The predicted molar refractivity (Wildman–Crippen MR) is 110 cm³/mol. The van der Waals surface area contributed by atoms with Crippen LogP contribution in [-0.4, -0.2) is 27.2 Å².